The van der Waals surface area contributed by atoms with Gasteiger partial charge in [0.15, 0.2) is 11.5 Å². The summed E-state index contributed by atoms with van der Waals surface area (Å²) in [5.74, 6) is 0.556. The number of hydrogen-bond donors (Lipinski definition) is 1. The second-order valence-corrected chi connectivity index (χ2v) is 4.94. The summed E-state index contributed by atoms with van der Waals surface area (Å²) in [5.41, 5.74) is 7.59. The Labute approximate surface area is 121 Å². The highest BCUT2D eigenvalue weighted by Gasteiger charge is 2.13. The third-order valence-corrected chi connectivity index (χ3v) is 3.18. The van der Waals surface area contributed by atoms with Crippen molar-refractivity contribution in [2.75, 3.05) is 24.7 Å². The minimum atomic E-state index is -0.255. The van der Waals surface area contributed by atoms with Crippen molar-refractivity contribution in [1.29, 1.82) is 0 Å². The van der Waals surface area contributed by atoms with E-state index in [1.807, 2.05) is 14.1 Å². The fourth-order valence-electron chi connectivity index (χ4n) is 2.08. The van der Waals surface area contributed by atoms with Crippen LogP contribution in [-0.2, 0) is 6.54 Å². The van der Waals surface area contributed by atoms with Crippen LogP contribution in [0.15, 0.2) is 30.6 Å². The molecule has 6 nitrogen and oxygen atoms in total. The van der Waals surface area contributed by atoms with E-state index in [-0.39, 0.29) is 5.82 Å². The maximum absolute atomic E-state index is 13.8. The van der Waals surface area contributed by atoms with E-state index in [0.29, 0.717) is 35.0 Å². The lowest BCUT2D eigenvalue weighted by Gasteiger charge is -2.11. The van der Waals surface area contributed by atoms with Gasteiger partial charge >= 0.3 is 0 Å². The molecule has 21 heavy (non-hydrogen) atoms. The number of aromatic nitrogens is 4. The van der Waals surface area contributed by atoms with Gasteiger partial charge in [-0.1, -0.05) is 18.2 Å². The lowest BCUT2D eigenvalue weighted by atomic mass is 10.2. The van der Waals surface area contributed by atoms with Crippen LogP contribution < -0.4 is 10.6 Å². The first-order valence-electron chi connectivity index (χ1n) is 6.45. The Morgan fingerprint density at radius 2 is 2.00 bits per heavy atom. The molecule has 0 bridgehead atoms. The van der Waals surface area contributed by atoms with E-state index in [0.717, 1.165) is 0 Å². The fourth-order valence-corrected chi connectivity index (χ4v) is 2.08. The molecule has 3 aromatic rings. The lowest BCUT2D eigenvalue weighted by molar-refractivity contribution is 0.601. The largest absolute Gasteiger partial charge is 0.382 e. The average Bonchev–Trinajstić information content (AvgIpc) is 2.85. The van der Waals surface area contributed by atoms with Crippen LogP contribution in [0.5, 0.6) is 0 Å². The van der Waals surface area contributed by atoms with Gasteiger partial charge in [-0.25, -0.2) is 9.37 Å². The molecule has 108 valence electrons. The summed E-state index contributed by atoms with van der Waals surface area (Å²) in [7, 11) is 3.66. The number of benzene rings is 1. The molecule has 0 saturated carbocycles. The fraction of sp³-hybridized carbons (Fsp3) is 0.214. The van der Waals surface area contributed by atoms with Crippen LogP contribution in [0.1, 0.15) is 5.56 Å². The molecule has 0 saturated heterocycles. The number of nitrogens with zero attached hydrogens (tertiary/aromatic N) is 5. The van der Waals surface area contributed by atoms with E-state index >= 15 is 0 Å². The first-order valence-corrected chi connectivity index (χ1v) is 6.45. The molecule has 7 heteroatoms. The Hall–Kier alpha value is -2.70. The highest BCUT2D eigenvalue weighted by atomic mass is 19.1. The molecule has 0 atom stereocenters. The van der Waals surface area contributed by atoms with Gasteiger partial charge in [0, 0.05) is 19.7 Å². The Balaban J connectivity index is 2.09. The summed E-state index contributed by atoms with van der Waals surface area (Å²) in [6.07, 6.45) is 1.60. The number of rotatable bonds is 3. The second kappa shape index (κ2) is 5.01. The van der Waals surface area contributed by atoms with Gasteiger partial charge in [0.1, 0.15) is 11.3 Å². The lowest BCUT2D eigenvalue weighted by Crippen LogP contribution is -2.14. The van der Waals surface area contributed by atoms with E-state index in [1.54, 1.807) is 34.0 Å². The van der Waals surface area contributed by atoms with E-state index in [2.05, 4.69) is 15.0 Å². The number of anilines is 2. The van der Waals surface area contributed by atoms with Crippen LogP contribution in [-0.4, -0.2) is 33.6 Å². The molecule has 2 aromatic heterocycles. The molecule has 0 aliphatic rings. The second-order valence-electron chi connectivity index (χ2n) is 4.94. The number of imidazole rings is 1. The molecule has 0 unspecified atom stereocenters. The monoisotopic (exact) mass is 286 g/mol. The van der Waals surface area contributed by atoms with Gasteiger partial charge in [0.05, 0.1) is 12.9 Å². The van der Waals surface area contributed by atoms with Crippen LogP contribution >= 0.6 is 0 Å². The van der Waals surface area contributed by atoms with Crippen molar-refractivity contribution < 1.29 is 4.39 Å². The maximum Gasteiger partial charge on any atom is 0.228 e. The molecule has 0 amide bonds. The number of halogens is 1. The van der Waals surface area contributed by atoms with Gasteiger partial charge in [-0.05, 0) is 6.07 Å². The third kappa shape index (κ3) is 2.37. The molecule has 2 heterocycles. The van der Waals surface area contributed by atoms with E-state index in [4.69, 9.17) is 5.73 Å². The molecule has 0 radical (unpaired) electrons. The minimum absolute atomic E-state index is 0.255. The van der Waals surface area contributed by atoms with Gasteiger partial charge in [0.25, 0.3) is 0 Å². The number of hydrogen-bond acceptors (Lipinski definition) is 5. The Morgan fingerprint density at radius 3 is 2.71 bits per heavy atom. The van der Waals surface area contributed by atoms with E-state index < -0.39 is 0 Å². The predicted molar refractivity (Wildman–Crippen MR) is 79.6 cm³/mol. The molecular formula is C14H15FN6. The summed E-state index contributed by atoms with van der Waals surface area (Å²) in [6.45, 7) is 0.340. The Bertz CT molecular complexity index is 795. The van der Waals surface area contributed by atoms with Crippen molar-refractivity contribution in [2.45, 2.75) is 6.54 Å². The number of nitrogen functional groups attached to an aromatic ring is 1. The molecule has 0 aliphatic carbocycles. The molecular weight excluding hydrogens is 271 g/mol. The highest BCUT2D eigenvalue weighted by Crippen LogP contribution is 2.20. The van der Waals surface area contributed by atoms with Crippen LogP contribution in [0.4, 0.5) is 16.2 Å². The number of nitrogens with two attached hydrogens (primary N) is 1. The molecule has 0 aliphatic heterocycles. The molecule has 0 spiro atoms. The average molecular weight is 286 g/mol. The van der Waals surface area contributed by atoms with Crippen LogP contribution in [0.25, 0.3) is 11.2 Å². The van der Waals surface area contributed by atoms with Crippen LogP contribution in [0.2, 0.25) is 0 Å². The smallest absolute Gasteiger partial charge is 0.228 e. The van der Waals surface area contributed by atoms with Gasteiger partial charge in [0.2, 0.25) is 5.95 Å². The summed E-state index contributed by atoms with van der Waals surface area (Å²) in [4.78, 5) is 14.6. The maximum atomic E-state index is 13.8. The van der Waals surface area contributed by atoms with Crippen LogP contribution in [0, 0.1) is 5.82 Å². The summed E-state index contributed by atoms with van der Waals surface area (Å²) >= 11 is 0. The zero-order chi connectivity index (χ0) is 15.0. The van der Waals surface area contributed by atoms with Gasteiger partial charge in [-0.15, -0.1) is 0 Å². The minimum Gasteiger partial charge on any atom is -0.382 e. The standard InChI is InChI=1S/C14H15FN6/c1-20(2)14-18-12(16)11-13(19-14)21(8-17-11)7-9-5-3-4-6-10(9)15/h3-6,8H,7H2,1-2H3,(H2,16,18,19). The first-order chi connectivity index (χ1) is 10.1. The zero-order valence-corrected chi connectivity index (χ0v) is 11.8. The quantitative estimate of drug-likeness (QED) is 0.792. The van der Waals surface area contributed by atoms with E-state index in [1.165, 1.54) is 6.07 Å². The predicted octanol–water partition coefficient (Wildman–Crippen LogP) is 1.66. The summed E-state index contributed by atoms with van der Waals surface area (Å²) in [6, 6.07) is 6.63. The topological polar surface area (TPSA) is 72.9 Å². The molecule has 3 rings (SSSR count). The van der Waals surface area contributed by atoms with Crippen molar-refractivity contribution in [1.82, 2.24) is 19.5 Å². The molecule has 0 fully saturated rings. The van der Waals surface area contributed by atoms with Gasteiger partial charge < -0.3 is 15.2 Å². The van der Waals surface area contributed by atoms with Crippen molar-refractivity contribution in [3.05, 3.63) is 42.0 Å². The van der Waals surface area contributed by atoms with Crippen molar-refractivity contribution in [3.63, 3.8) is 0 Å². The molecule has 1 aromatic carbocycles. The normalized spacial score (nSPS) is 11.0. The molecule has 2 N–H and O–H groups in total. The van der Waals surface area contributed by atoms with Crippen molar-refractivity contribution in [3.8, 4) is 0 Å². The Morgan fingerprint density at radius 1 is 1.24 bits per heavy atom. The van der Waals surface area contributed by atoms with Gasteiger partial charge in [-0.2, -0.15) is 9.97 Å². The summed E-state index contributed by atoms with van der Waals surface area (Å²) in [5, 5.41) is 0. The SMILES string of the molecule is CN(C)c1nc(N)c2ncn(Cc3ccccc3F)c2n1. The Kier molecular flexibility index (Phi) is 3.17. The summed E-state index contributed by atoms with van der Waals surface area (Å²) < 4.78 is 15.5. The third-order valence-electron chi connectivity index (χ3n) is 3.18. The van der Waals surface area contributed by atoms with Crippen LogP contribution in [0.3, 0.4) is 0 Å². The highest BCUT2D eigenvalue weighted by molar-refractivity contribution is 5.83. The zero-order valence-electron chi connectivity index (χ0n) is 11.8. The van der Waals surface area contributed by atoms with E-state index in [9.17, 15) is 4.39 Å². The number of fused-ring (bicyclic) bond motifs is 1. The van der Waals surface area contributed by atoms with Gasteiger partial charge in [-0.3, -0.25) is 0 Å². The van der Waals surface area contributed by atoms with Crippen molar-refractivity contribution in [2.24, 2.45) is 0 Å². The first kappa shape index (κ1) is 13.3. The van der Waals surface area contributed by atoms with Crippen molar-refractivity contribution >= 4 is 22.9 Å².